The molecule has 0 aromatic heterocycles. The van der Waals surface area contributed by atoms with Crippen LogP contribution in [0.4, 0.5) is 0 Å². The van der Waals surface area contributed by atoms with Crippen molar-refractivity contribution in [2.45, 2.75) is 25.8 Å². The van der Waals surface area contributed by atoms with E-state index in [9.17, 15) is 0 Å². The molecule has 3 heteroatoms. The minimum atomic E-state index is 0.296. The molecule has 98 valence electrons. The molecule has 2 rings (SSSR count). The van der Waals surface area contributed by atoms with E-state index in [1.165, 1.54) is 5.56 Å². The fourth-order valence-electron chi connectivity index (χ4n) is 2.27. The summed E-state index contributed by atoms with van der Waals surface area (Å²) in [5.74, 6) is 1.76. The second-order valence-electron chi connectivity index (χ2n) is 4.35. The van der Waals surface area contributed by atoms with Crippen molar-refractivity contribution in [1.29, 1.82) is 0 Å². The van der Waals surface area contributed by atoms with Gasteiger partial charge in [0.25, 0.3) is 0 Å². The van der Waals surface area contributed by atoms with Crippen LogP contribution < -0.4 is 14.8 Å². The van der Waals surface area contributed by atoms with Crippen LogP contribution in [-0.4, -0.2) is 19.8 Å². The van der Waals surface area contributed by atoms with E-state index in [0.717, 1.165) is 30.9 Å². The third-order valence-corrected chi connectivity index (χ3v) is 3.08. The minimum absolute atomic E-state index is 0.296. The van der Waals surface area contributed by atoms with Gasteiger partial charge in [-0.1, -0.05) is 25.1 Å². The molecule has 0 bridgehead atoms. The molecule has 1 aliphatic heterocycles. The summed E-state index contributed by atoms with van der Waals surface area (Å²) in [5, 5.41) is 3.50. The largest absolute Gasteiger partial charge is 0.486 e. The molecule has 1 N–H and O–H groups in total. The molecule has 1 aliphatic rings. The quantitative estimate of drug-likeness (QED) is 0.784. The first kappa shape index (κ1) is 13.0. The van der Waals surface area contributed by atoms with Crippen LogP contribution in [0.3, 0.4) is 0 Å². The summed E-state index contributed by atoms with van der Waals surface area (Å²) in [4.78, 5) is 0. The van der Waals surface area contributed by atoms with Gasteiger partial charge in [-0.3, -0.25) is 0 Å². The maximum Gasteiger partial charge on any atom is 0.166 e. The summed E-state index contributed by atoms with van der Waals surface area (Å²) >= 11 is 0. The molecule has 0 radical (unpaired) electrons. The lowest BCUT2D eigenvalue weighted by Crippen LogP contribution is -2.23. The molecular formula is C15H21NO2. The first-order valence-corrected chi connectivity index (χ1v) is 6.59. The van der Waals surface area contributed by atoms with Gasteiger partial charge in [-0.2, -0.15) is 0 Å². The summed E-state index contributed by atoms with van der Waals surface area (Å²) in [6.45, 7) is 8.11. The number of rotatable bonds is 6. The summed E-state index contributed by atoms with van der Waals surface area (Å²) in [5.41, 5.74) is 1.19. The molecule has 1 aromatic carbocycles. The SMILES string of the molecule is C=CCCC(NCC)c1cccc2c1OCCO2. The van der Waals surface area contributed by atoms with Crippen LogP contribution in [0, 0.1) is 0 Å². The zero-order chi connectivity index (χ0) is 12.8. The van der Waals surface area contributed by atoms with E-state index >= 15 is 0 Å². The minimum Gasteiger partial charge on any atom is -0.486 e. The highest BCUT2D eigenvalue weighted by Crippen LogP contribution is 2.38. The number of ether oxygens (including phenoxy) is 2. The Morgan fingerprint density at radius 2 is 2.22 bits per heavy atom. The molecular weight excluding hydrogens is 226 g/mol. The molecule has 0 amide bonds. The smallest absolute Gasteiger partial charge is 0.166 e. The number of benzene rings is 1. The maximum atomic E-state index is 5.77. The van der Waals surface area contributed by atoms with Crippen LogP contribution in [0.5, 0.6) is 11.5 Å². The van der Waals surface area contributed by atoms with Gasteiger partial charge in [-0.15, -0.1) is 6.58 Å². The average Bonchev–Trinajstić information content (AvgIpc) is 2.43. The second kappa shape index (κ2) is 6.45. The summed E-state index contributed by atoms with van der Waals surface area (Å²) in [6.07, 6.45) is 3.97. The van der Waals surface area contributed by atoms with Crippen molar-refractivity contribution in [3.05, 3.63) is 36.4 Å². The summed E-state index contributed by atoms with van der Waals surface area (Å²) < 4.78 is 11.4. The van der Waals surface area contributed by atoms with E-state index in [1.54, 1.807) is 0 Å². The summed E-state index contributed by atoms with van der Waals surface area (Å²) in [6, 6.07) is 6.41. The van der Waals surface area contributed by atoms with E-state index in [0.29, 0.717) is 19.3 Å². The molecule has 0 fully saturated rings. The van der Waals surface area contributed by atoms with Crippen molar-refractivity contribution in [1.82, 2.24) is 5.32 Å². The zero-order valence-corrected chi connectivity index (χ0v) is 10.9. The number of hydrogen-bond donors (Lipinski definition) is 1. The molecule has 1 aromatic rings. The predicted molar refractivity (Wildman–Crippen MR) is 73.3 cm³/mol. The van der Waals surface area contributed by atoms with Gasteiger partial charge in [0, 0.05) is 11.6 Å². The van der Waals surface area contributed by atoms with E-state index in [1.807, 2.05) is 18.2 Å². The van der Waals surface area contributed by atoms with Gasteiger partial charge in [0.2, 0.25) is 0 Å². The highest BCUT2D eigenvalue weighted by atomic mass is 16.6. The van der Waals surface area contributed by atoms with E-state index < -0.39 is 0 Å². The van der Waals surface area contributed by atoms with Crippen LogP contribution in [-0.2, 0) is 0 Å². The van der Waals surface area contributed by atoms with Crippen LogP contribution in [0.2, 0.25) is 0 Å². The first-order valence-electron chi connectivity index (χ1n) is 6.59. The fraction of sp³-hybridized carbons (Fsp3) is 0.467. The molecule has 0 aliphatic carbocycles. The van der Waals surface area contributed by atoms with E-state index in [2.05, 4.69) is 24.9 Å². The van der Waals surface area contributed by atoms with Gasteiger partial charge in [-0.05, 0) is 25.5 Å². The Kier molecular flexibility index (Phi) is 4.65. The summed E-state index contributed by atoms with van der Waals surface area (Å²) in [7, 11) is 0. The third-order valence-electron chi connectivity index (χ3n) is 3.08. The van der Waals surface area contributed by atoms with E-state index in [4.69, 9.17) is 9.47 Å². The Hall–Kier alpha value is -1.48. The van der Waals surface area contributed by atoms with Crippen molar-refractivity contribution in [3.8, 4) is 11.5 Å². The topological polar surface area (TPSA) is 30.5 Å². The molecule has 3 nitrogen and oxygen atoms in total. The zero-order valence-electron chi connectivity index (χ0n) is 10.9. The molecule has 0 saturated carbocycles. The molecule has 1 heterocycles. The Labute approximate surface area is 109 Å². The van der Waals surface area contributed by atoms with Gasteiger partial charge < -0.3 is 14.8 Å². The average molecular weight is 247 g/mol. The number of hydrogen-bond acceptors (Lipinski definition) is 3. The third kappa shape index (κ3) is 2.85. The normalized spacial score (nSPS) is 15.2. The number of para-hydroxylation sites is 1. The van der Waals surface area contributed by atoms with Gasteiger partial charge in [0.1, 0.15) is 13.2 Å². The predicted octanol–water partition coefficient (Wildman–Crippen LogP) is 3.07. The van der Waals surface area contributed by atoms with Crippen molar-refractivity contribution in [2.75, 3.05) is 19.8 Å². The lowest BCUT2D eigenvalue weighted by Gasteiger charge is -2.25. The van der Waals surface area contributed by atoms with Crippen molar-refractivity contribution >= 4 is 0 Å². The number of nitrogens with one attached hydrogen (secondary N) is 1. The highest BCUT2D eigenvalue weighted by Gasteiger charge is 2.20. The first-order chi connectivity index (χ1) is 8.86. The van der Waals surface area contributed by atoms with Gasteiger partial charge in [-0.25, -0.2) is 0 Å². The van der Waals surface area contributed by atoms with Gasteiger partial charge in [0.15, 0.2) is 11.5 Å². The Balaban J connectivity index is 2.25. The Morgan fingerprint density at radius 3 is 3.00 bits per heavy atom. The van der Waals surface area contributed by atoms with Crippen molar-refractivity contribution in [2.24, 2.45) is 0 Å². The maximum absolute atomic E-state index is 5.77. The Morgan fingerprint density at radius 1 is 1.39 bits per heavy atom. The molecule has 0 spiro atoms. The van der Waals surface area contributed by atoms with Gasteiger partial charge in [0.05, 0.1) is 0 Å². The van der Waals surface area contributed by atoms with Crippen LogP contribution in [0.15, 0.2) is 30.9 Å². The second-order valence-corrected chi connectivity index (χ2v) is 4.35. The monoisotopic (exact) mass is 247 g/mol. The molecule has 1 unspecified atom stereocenters. The lowest BCUT2D eigenvalue weighted by molar-refractivity contribution is 0.168. The van der Waals surface area contributed by atoms with Gasteiger partial charge >= 0.3 is 0 Å². The fourth-order valence-corrected chi connectivity index (χ4v) is 2.27. The van der Waals surface area contributed by atoms with E-state index in [-0.39, 0.29) is 0 Å². The number of allylic oxidation sites excluding steroid dienone is 1. The number of fused-ring (bicyclic) bond motifs is 1. The lowest BCUT2D eigenvalue weighted by atomic mass is 10.00. The van der Waals surface area contributed by atoms with Crippen LogP contribution >= 0.6 is 0 Å². The highest BCUT2D eigenvalue weighted by molar-refractivity contribution is 5.48. The van der Waals surface area contributed by atoms with Crippen LogP contribution in [0.1, 0.15) is 31.4 Å². The Bertz CT molecular complexity index is 403. The van der Waals surface area contributed by atoms with Crippen LogP contribution in [0.25, 0.3) is 0 Å². The van der Waals surface area contributed by atoms with Crippen molar-refractivity contribution in [3.63, 3.8) is 0 Å². The molecule has 0 saturated heterocycles. The molecule has 1 atom stereocenters. The van der Waals surface area contributed by atoms with Crippen molar-refractivity contribution < 1.29 is 9.47 Å². The standard InChI is InChI=1S/C15H21NO2/c1-3-5-8-13(16-4-2)12-7-6-9-14-15(12)18-11-10-17-14/h3,6-7,9,13,16H,1,4-5,8,10-11H2,2H3. The molecule has 18 heavy (non-hydrogen) atoms.